The maximum absolute atomic E-state index is 12.3. The lowest BCUT2D eigenvalue weighted by atomic mass is 10.3. The van der Waals surface area contributed by atoms with Gasteiger partial charge in [-0.15, -0.1) is 0 Å². The number of aryl methyl sites for hydroxylation is 1. The molecule has 0 amide bonds. The van der Waals surface area contributed by atoms with Gasteiger partial charge in [0.25, 0.3) is 10.0 Å². The molecule has 0 aliphatic heterocycles. The standard InChI is InChI=1S/C14H18N4O3S/c1-3-21-9-12-8-10(2)16-14(17-12)18-22(19,20)13-6-4-11(15)5-7-13/h4-8H,3,9,15H2,1-2H3,(H,16,17,18). The summed E-state index contributed by atoms with van der Waals surface area (Å²) in [7, 11) is -3.76. The molecule has 0 fully saturated rings. The molecule has 1 heterocycles. The Labute approximate surface area is 129 Å². The Morgan fingerprint density at radius 1 is 1.23 bits per heavy atom. The summed E-state index contributed by atoms with van der Waals surface area (Å²) < 4.78 is 32.2. The van der Waals surface area contributed by atoms with Gasteiger partial charge in [-0.2, -0.15) is 0 Å². The number of anilines is 2. The van der Waals surface area contributed by atoms with Gasteiger partial charge in [0.05, 0.1) is 17.2 Å². The van der Waals surface area contributed by atoms with Crippen LogP contribution in [0, 0.1) is 6.92 Å². The van der Waals surface area contributed by atoms with Crippen LogP contribution in [0.1, 0.15) is 18.3 Å². The predicted molar refractivity (Wildman–Crippen MR) is 83.8 cm³/mol. The van der Waals surface area contributed by atoms with Crippen LogP contribution in [-0.2, 0) is 21.4 Å². The van der Waals surface area contributed by atoms with E-state index in [2.05, 4.69) is 14.7 Å². The van der Waals surface area contributed by atoms with Crippen LogP contribution < -0.4 is 10.5 Å². The van der Waals surface area contributed by atoms with Gasteiger partial charge in [-0.3, -0.25) is 0 Å². The number of hydrogen-bond donors (Lipinski definition) is 2. The molecule has 2 aromatic rings. The largest absolute Gasteiger partial charge is 0.399 e. The van der Waals surface area contributed by atoms with Crippen molar-refractivity contribution in [3.05, 3.63) is 41.7 Å². The fraction of sp³-hybridized carbons (Fsp3) is 0.286. The maximum atomic E-state index is 12.3. The van der Waals surface area contributed by atoms with E-state index in [0.29, 0.717) is 30.3 Å². The van der Waals surface area contributed by atoms with Crippen LogP contribution >= 0.6 is 0 Å². The summed E-state index contributed by atoms with van der Waals surface area (Å²) in [6, 6.07) is 7.64. The van der Waals surface area contributed by atoms with E-state index in [-0.39, 0.29) is 10.8 Å². The van der Waals surface area contributed by atoms with E-state index in [1.54, 1.807) is 13.0 Å². The van der Waals surface area contributed by atoms with Crippen LogP contribution in [0.5, 0.6) is 0 Å². The van der Waals surface area contributed by atoms with Crippen molar-refractivity contribution >= 4 is 21.7 Å². The van der Waals surface area contributed by atoms with Gasteiger partial charge in [0.2, 0.25) is 5.95 Å². The molecule has 22 heavy (non-hydrogen) atoms. The van der Waals surface area contributed by atoms with Crippen molar-refractivity contribution in [1.29, 1.82) is 0 Å². The third-order valence-corrected chi connectivity index (χ3v) is 4.12. The van der Waals surface area contributed by atoms with Crippen LogP contribution in [0.25, 0.3) is 0 Å². The van der Waals surface area contributed by atoms with Crippen molar-refractivity contribution in [1.82, 2.24) is 9.97 Å². The lowest BCUT2D eigenvalue weighted by Gasteiger charge is -2.09. The number of benzene rings is 1. The van der Waals surface area contributed by atoms with Crippen molar-refractivity contribution < 1.29 is 13.2 Å². The third kappa shape index (κ3) is 4.15. The summed E-state index contributed by atoms with van der Waals surface area (Å²) in [6.45, 7) is 4.49. The van der Waals surface area contributed by atoms with E-state index in [1.807, 2.05) is 6.92 Å². The van der Waals surface area contributed by atoms with Crippen molar-refractivity contribution in [2.75, 3.05) is 17.1 Å². The highest BCUT2D eigenvalue weighted by molar-refractivity contribution is 7.92. The van der Waals surface area contributed by atoms with Gasteiger partial charge in [-0.25, -0.2) is 23.1 Å². The van der Waals surface area contributed by atoms with Gasteiger partial charge in [-0.1, -0.05) is 0 Å². The fourth-order valence-corrected chi connectivity index (χ4v) is 2.73. The summed E-state index contributed by atoms with van der Waals surface area (Å²) in [5, 5.41) is 0. The molecule has 2 rings (SSSR count). The second-order valence-electron chi connectivity index (χ2n) is 4.64. The number of hydrogen-bond acceptors (Lipinski definition) is 6. The molecule has 0 aliphatic rings. The number of nitrogens with two attached hydrogens (primary N) is 1. The van der Waals surface area contributed by atoms with Crippen molar-refractivity contribution in [2.24, 2.45) is 0 Å². The Bertz CT molecular complexity index is 745. The minimum absolute atomic E-state index is 0.0199. The monoisotopic (exact) mass is 322 g/mol. The Kier molecular flexibility index (Phi) is 4.94. The number of nitrogens with one attached hydrogen (secondary N) is 1. The van der Waals surface area contributed by atoms with E-state index in [1.165, 1.54) is 24.3 Å². The number of nitrogen functional groups attached to an aromatic ring is 1. The summed E-state index contributed by atoms with van der Waals surface area (Å²) in [5.74, 6) is 0.0199. The predicted octanol–water partition coefficient (Wildman–Crippen LogP) is 1.70. The van der Waals surface area contributed by atoms with E-state index in [0.717, 1.165) is 0 Å². The summed E-state index contributed by atoms with van der Waals surface area (Å²) >= 11 is 0. The van der Waals surface area contributed by atoms with E-state index >= 15 is 0 Å². The molecule has 0 aliphatic carbocycles. The minimum Gasteiger partial charge on any atom is -0.399 e. The Hall–Kier alpha value is -2.19. The molecule has 0 radical (unpaired) electrons. The number of ether oxygens (including phenoxy) is 1. The Morgan fingerprint density at radius 3 is 2.55 bits per heavy atom. The van der Waals surface area contributed by atoms with Crippen LogP contribution in [0.3, 0.4) is 0 Å². The van der Waals surface area contributed by atoms with Crippen molar-refractivity contribution in [3.8, 4) is 0 Å². The van der Waals surface area contributed by atoms with Crippen LogP contribution in [0.4, 0.5) is 11.6 Å². The molecule has 1 aromatic carbocycles. The highest BCUT2D eigenvalue weighted by atomic mass is 32.2. The number of rotatable bonds is 6. The van der Waals surface area contributed by atoms with Crippen LogP contribution in [-0.4, -0.2) is 25.0 Å². The van der Waals surface area contributed by atoms with Gasteiger partial charge in [0, 0.05) is 18.0 Å². The molecule has 0 saturated heterocycles. The number of nitrogens with zero attached hydrogens (tertiary/aromatic N) is 2. The summed E-state index contributed by atoms with van der Waals surface area (Å²) in [5.41, 5.74) is 7.31. The average Bonchev–Trinajstić information content (AvgIpc) is 2.44. The first-order valence-corrected chi connectivity index (χ1v) is 8.19. The zero-order valence-corrected chi connectivity index (χ0v) is 13.2. The first kappa shape index (κ1) is 16.2. The molecule has 118 valence electrons. The molecular formula is C14H18N4O3S. The normalized spacial score (nSPS) is 11.4. The molecular weight excluding hydrogens is 304 g/mol. The van der Waals surface area contributed by atoms with Crippen LogP contribution in [0.15, 0.2) is 35.2 Å². The Morgan fingerprint density at radius 2 is 1.91 bits per heavy atom. The average molecular weight is 322 g/mol. The second kappa shape index (κ2) is 6.71. The summed E-state index contributed by atoms with van der Waals surface area (Å²) in [6.07, 6.45) is 0. The molecule has 0 saturated carbocycles. The van der Waals surface area contributed by atoms with Gasteiger partial charge in [0.1, 0.15) is 0 Å². The number of sulfonamides is 1. The molecule has 0 atom stereocenters. The molecule has 1 aromatic heterocycles. The third-order valence-electron chi connectivity index (χ3n) is 2.78. The highest BCUT2D eigenvalue weighted by Crippen LogP contribution is 2.15. The fourth-order valence-electron chi connectivity index (χ4n) is 1.79. The van der Waals surface area contributed by atoms with Crippen LogP contribution in [0.2, 0.25) is 0 Å². The smallest absolute Gasteiger partial charge is 0.264 e. The molecule has 0 spiro atoms. The summed E-state index contributed by atoms with van der Waals surface area (Å²) in [4.78, 5) is 8.33. The highest BCUT2D eigenvalue weighted by Gasteiger charge is 2.16. The van der Waals surface area contributed by atoms with E-state index < -0.39 is 10.0 Å². The number of aromatic nitrogens is 2. The Balaban J connectivity index is 2.25. The van der Waals surface area contributed by atoms with Gasteiger partial charge < -0.3 is 10.5 Å². The SMILES string of the molecule is CCOCc1cc(C)nc(NS(=O)(=O)c2ccc(N)cc2)n1. The second-order valence-corrected chi connectivity index (χ2v) is 6.32. The zero-order chi connectivity index (χ0) is 16.2. The van der Waals surface area contributed by atoms with Crippen molar-refractivity contribution in [3.63, 3.8) is 0 Å². The van der Waals surface area contributed by atoms with Crippen molar-refractivity contribution in [2.45, 2.75) is 25.3 Å². The zero-order valence-electron chi connectivity index (χ0n) is 12.4. The van der Waals surface area contributed by atoms with E-state index in [9.17, 15) is 8.42 Å². The molecule has 0 unspecified atom stereocenters. The first-order chi connectivity index (χ1) is 10.4. The first-order valence-electron chi connectivity index (χ1n) is 6.71. The molecule has 8 heteroatoms. The quantitative estimate of drug-likeness (QED) is 0.784. The topological polar surface area (TPSA) is 107 Å². The molecule has 3 N–H and O–H groups in total. The maximum Gasteiger partial charge on any atom is 0.264 e. The minimum atomic E-state index is -3.76. The van der Waals surface area contributed by atoms with Gasteiger partial charge in [-0.05, 0) is 44.2 Å². The molecule has 0 bridgehead atoms. The van der Waals surface area contributed by atoms with E-state index in [4.69, 9.17) is 10.5 Å². The van der Waals surface area contributed by atoms with Gasteiger partial charge in [0.15, 0.2) is 0 Å². The lowest BCUT2D eigenvalue weighted by molar-refractivity contribution is 0.131. The lowest BCUT2D eigenvalue weighted by Crippen LogP contribution is -2.16. The molecule has 7 nitrogen and oxygen atoms in total. The van der Waals surface area contributed by atoms with Gasteiger partial charge >= 0.3 is 0 Å².